The number of hydrogen-bond acceptors (Lipinski definition) is 5. The summed E-state index contributed by atoms with van der Waals surface area (Å²) in [5, 5.41) is 2.75. The first kappa shape index (κ1) is 17.7. The monoisotopic (exact) mass is 351 g/mol. The highest BCUT2D eigenvalue weighted by molar-refractivity contribution is 7.11. The summed E-state index contributed by atoms with van der Waals surface area (Å²) in [6.45, 7) is 10.0. The molecule has 2 saturated heterocycles. The lowest BCUT2D eigenvalue weighted by atomic mass is 9.92. The van der Waals surface area contributed by atoms with E-state index in [2.05, 4.69) is 14.8 Å². The van der Waals surface area contributed by atoms with Crippen LogP contribution in [0.25, 0.3) is 0 Å². The number of amides is 1. The molecule has 2 aliphatic heterocycles. The third kappa shape index (κ3) is 4.28. The minimum atomic E-state index is -0.266. The van der Waals surface area contributed by atoms with E-state index in [1.165, 1.54) is 0 Å². The number of nitrogens with zero attached hydrogens (tertiary/aromatic N) is 3. The Bertz CT molecular complexity index is 525. The highest BCUT2D eigenvalue weighted by atomic mass is 32.1. The number of piperidine rings is 2. The summed E-state index contributed by atoms with van der Waals surface area (Å²) in [7, 11) is 0. The van der Waals surface area contributed by atoms with Crippen molar-refractivity contribution in [1.29, 1.82) is 0 Å². The third-order valence-corrected chi connectivity index (χ3v) is 5.72. The fraction of sp³-hybridized carbons (Fsp3) is 0.778. The summed E-state index contributed by atoms with van der Waals surface area (Å²) in [6.07, 6.45) is 6.43. The maximum absolute atomic E-state index is 12.4. The maximum atomic E-state index is 12.4. The molecule has 3 heterocycles. The molecular formula is C18H29N3O2S. The predicted octanol–water partition coefficient (Wildman–Crippen LogP) is 3.02. The van der Waals surface area contributed by atoms with Gasteiger partial charge in [0.2, 0.25) is 5.91 Å². The van der Waals surface area contributed by atoms with Crippen molar-refractivity contribution in [1.82, 2.24) is 14.8 Å². The van der Waals surface area contributed by atoms with Crippen molar-refractivity contribution in [2.24, 2.45) is 5.41 Å². The summed E-state index contributed by atoms with van der Waals surface area (Å²) in [5.41, 5.74) is -0.266. The van der Waals surface area contributed by atoms with E-state index < -0.39 is 0 Å². The largest absolute Gasteiger partial charge is 0.467 e. The molecule has 3 rings (SSSR count). The van der Waals surface area contributed by atoms with Crippen LogP contribution in [0, 0.1) is 5.41 Å². The Hall–Kier alpha value is -1.14. The molecule has 0 spiro atoms. The van der Waals surface area contributed by atoms with E-state index in [9.17, 15) is 4.79 Å². The molecule has 6 heteroatoms. The Labute approximate surface area is 149 Å². The van der Waals surface area contributed by atoms with Gasteiger partial charge in [0.05, 0.1) is 0 Å². The molecule has 134 valence electrons. The topological polar surface area (TPSA) is 45.7 Å². The Morgan fingerprint density at radius 2 is 1.83 bits per heavy atom. The van der Waals surface area contributed by atoms with E-state index in [0.717, 1.165) is 57.1 Å². The van der Waals surface area contributed by atoms with Gasteiger partial charge in [0, 0.05) is 49.2 Å². The average Bonchev–Trinajstić information content (AvgIpc) is 3.07. The van der Waals surface area contributed by atoms with Gasteiger partial charge in [0.15, 0.2) is 0 Å². The Morgan fingerprint density at radius 3 is 2.38 bits per heavy atom. The quantitative estimate of drug-likeness (QED) is 0.840. The molecule has 0 atom stereocenters. The lowest BCUT2D eigenvalue weighted by Gasteiger charge is -2.42. The fourth-order valence-corrected chi connectivity index (χ4v) is 4.23. The normalized spacial score (nSPS) is 21.9. The molecule has 0 bridgehead atoms. The second-order valence-corrected chi connectivity index (χ2v) is 8.78. The molecule has 5 nitrogen and oxygen atoms in total. The molecule has 0 unspecified atom stereocenters. The Kier molecular flexibility index (Phi) is 5.45. The highest BCUT2D eigenvalue weighted by Crippen LogP contribution is 2.26. The standard InChI is InChI=1S/C18H29N3O2S/c1-18(2,3)16(22)21-9-4-14(5-10-21)20-11-6-15(7-12-20)23-17-19-8-13-24-17/h8,13-15H,4-7,9-12H2,1-3H3. The molecule has 1 aromatic heterocycles. The van der Waals surface area contributed by atoms with Crippen LogP contribution in [0.2, 0.25) is 0 Å². The van der Waals surface area contributed by atoms with Crippen molar-refractivity contribution < 1.29 is 9.53 Å². The number of carbonyl (C=O) groups is 1. The van der Waals surface area contributed by atoms with Crippen molar-refractivity contribution >= 4 is 17.2 Å². The molecule has 2 fully saturated rings. The zero-order chi connectivity index (χ0) is 17.2. The minimum Gasteiger partial charge on any atom is -0.467 e. The Morgan fingerprint density at radius 1 is 1.17 bits per heavy atom. The van der Waals surface area contributed by atoms with Gasteiger partial charge in [-0.2, -0.15) is 0 Å². The SMILES string of the molecule is CC(C)(C)C(=O)N1CCC(N2CCC(Oc3nccs3)CC2)CC1. The van der Waals surface area contributed by atoms with E-state index >= 15 is 0 Å². The van der Waals surface area contributed by atoms with Gasteiger partial charge in [-0.15, -0.1) is 0 Å². The van der Waals surface area contributed by atoms with Crippen LogP contribution in [0.1, 0.15) is 46.5 Å². The molecule has 1 aromatic rings. The molecule has 2 aliphatic rings. The van der Waals surface area contributed by atoms with Crippen LogP contribution in [0.3, 0.4) is 0 Å². The van der Waals surface area contributed by atoms with E-state index in [1.807, 2.05) is 26.2 Å². The lowest BCUT2D eigenvalue weighted by Crippen LogP contribution is -2.51. The molecule has 0 aromatic carbocycles. The first-order valence-electron chi connectivity index (χ1n) is 9.03. The number of likely N-dealkylation sites (tertiary alicyclic amines) is 2. The van der Waals surface area contributed by atoms with Crippen LogP contribution < -0.4 is 4.74 Å². The zero-order valence-corrected chi connectivity index (χ0v) is 15.8. The number of rotatable bonds is 3. The average molecular weight is 352 g/mol. The maximum Gasteiger partial charge on any atom is 0.273 e. The van der Waals surface area contributed by atoms with Gasteiger partial charge in [-0.1, -0.05) is 32.1 Å². The van der Waals surface area contributed by atoms with Crippen LogP contribution in [-0.2, 0) is 4.79 Å². The van der Waals surface area contributed by atoms with Crippen molar-refractivity contribution in [2.45, 2.75) is 58.6 Å². The molecule has 24 heavy (non-hydrogen) atoms. The number of carbonyl (C=O) groups excluding carboxylic acids is 1. The number of thiazole rings is 1. The van der Waals surface area contributed by atoms with Gasteiger partial charge in [0.1, 0.15) is 6.10 Å². The summed E-state index contributed by atoms with van der Waals surface area (Å²) in [4.78, 5) is 21.2. The first-order valence-corrected chi connectivity index (χ1v) is 9.91. The van der Waals surface area contributed by atoms with Gasteiger partial charge in [-0.05, 0) is 25.7 Å². The zero-order valence-electron chi connectivity index (χ0n) is 15.0. The van der Waals surface area contributed by atoms with E-state index in [0.29, 0.717) is 12.1 Å². The molecule has 0 radical (unpaired) electrons. The molecule has 0 aliphatic carbocycles. The van der Waals surface area contributed by atoms with Crippen LogP contribution >= 0.6 is 11.3 Å². The van der Waals surface area contributed by atoms with Crippen LogP contribution in [-0.4, -0.2) is 59.0 Å². The van der Waals surface area contributed by atoms with Gasteiger partial charge in [0.25, 0.3) is 5.19 Å². The second-order valence-electron chi connectivity index (χ2n) is 7.92. The molecule has 0 N–H and O–H groups in total. The number of hydrogen-bond donors (Lipinski definition) is 0. The van der Waals surface area contributed by atoms with Crippen LogP contribution in [0.4, 0.5) is 0 Å². The van der Waals surface area contributed by atoms with Gasteiger partial charge < -0.3 is 9.64 Å². The van der Waals surface area contributed by atoms with E-state index in [4.69, 9.17) is 4.74 Å². The molecule has 0 saturated carbocycles. The number of ether oxygens (including phenoxy) is 1. The second kappa shape index (κ2) is 7.40. The van der Waals surface area contributed by atoms with Crippen LogP contribution in [0.5, 0.6) is 5.19 Å². The summed E-state index contributed by atoms with van der Waals surface area (Å²) in [5.74, 6) is 0.288. The van der Waals surface area contributed by atoms with Crippen molar-refractivity contribution in [2.75, 3.05) is 26.2 Å². The van der Waals surface area contributed by atoms with E-state index in [1.54, 1.807) is 17.5 Å². The summed E-state index contributed by atoms with van der Waals surface area (Å²) < 4.78 is 5.94. The molecular weight excluding hydrogens is 322 g/mol. The third-order valence-electron chi connectivity index (χ3n) is 5.06. The minimum absolute atomic E-state index is 0.266. The van der Waals surface area contributed by atoms with Crippen molar-refractivity contribution in [3.63, 3.8) is 0 Å². The van der Waals surface area contributed by atoms with Gasteiger partial charge in [-0.3, -0.25) is 9.69 Å². The summed E-state index contributed by atoms with van der Waals surface area (Å²) >= 11 is 1.57. The van der Waals surface area contributed by atoms with Gasteiger partial charge in [-0.25, -0.2) is 4.98 Å². The first-order chi connectivity index (χ1) is 11.4. The molecule has 1 amide bonds. The number of aromatic nitrogens is 1. The lowest BCUT2D eigenvalue weighted by molar-refractivity contribution is -0.141. The summed E-state index contributed by atoms with van der Waals surface area (Å²) in [6, 6.07) is 0.620. The predicted molar refractivity (Wildman–Crippen MR) is 96.4 cm³/mol. The van der Waals surface area contributed by atoms with Gasteiger partial charge >= 0.3 is 0 Å². The van der Waals surface area contributed by atoms with Crippen LogP contribution in [0.15, 0.2) is 11.6 Å². The smallest absolute Gasteiger partial charge is 0.273 e. The van der Waals surface area contributed by atoms with Crippen molar-refractivity contribution in [3.8, 4) is 5.19 Å². The highest BCUT2D eigenvalue weighted by Gasteiger charge is 2.33. The Balaban J connectivity index is 1.42. The van der Waals surface area contributed by atoms with E-state index in [-0.39, 0.29) is 11.3 Å². The van der Waals surface area contributed by atoms with Crippen molar-refractivity contribution in [3.05, 3.63) is 11.6 Å². The fourth-order valence-electron chi connectivity index (χ4n) is 3.68.